The van der Waals surface area contributed by atoms with Crippen molar-refractivity contribution < 1.29 is 14.3 Å². The highest BCUT2D eigenvalue weighted by molar-refractivity contribution is 6.34. The maximum Gasteiger partial charge on any atom is 0.337 e. The quantitative estimate of drug-likeness (QED) is 0.443. The standard InChI is InChI=1S/C23H17ClN2O3/c1-14-6-5-8-18(24)20(14)22(27)26-19-9-4-3-7-17(19)21(25-26)15-10-12-16(13-11-15)23(28)29-2/h3-13H,1-2H3. The van der Waals surface area contributed by atoms with E-state index in [-0.39, 0.29) is 5.91 Å². The van der Waals surface area contributed by atoms with Crippen LogP contribution in [0.3, 0.4) is 0 Å². The largest absolute Gasteiger partial charge is 0.465 e. The van der Waals surface area contributed by atoms with Crippen molar-refractivity contribution in [3.05, 3.63) is 88.4 Å². The van der Waals surface area contributed by atoms with E-state index in [4.69, 9.17) is 16.3 Å². The number of fused-ring (bicyclic) bond motifs is 1. The summed E-state index contributed by atoms with van der Waals surface area (Å²) in [5, 5.41) is 5.82. The number of hydrogen-bond donors (Lipinski definition) is 0. The van der Waals surface area contributed by atoms with Crippen LogP contribution in [0.2, 0.25) is 5.02 Å². The van der Waals surface area contributed by atoms with Crippen LogP contribution in [0.1, 0.15) is 26.3 Å². The van der Waals surface area contributed by atoms with Crippen molar-refractivity contribution in [3.63, 3.8) is 0 Å². The first-order valence-corrected chi connectivity index (χ1v) is 9.35. The first-order chi connectivity index (χ1) is 14.0. The first kappa shape index (κ1) is 18.9. The molecule has 6 heteroatoms. The van der Waals surface area contributed by atoms with E-state index in [0.29, 0.717) is 27.4 Å². The summed E-state index contributed by atoms with van der Waals surface area (Å²) in [4.78, 5) is 25.0. The molecule has 29 heavy (non-hydrogen) atoms. The van der Waals surface area contributed by atoms with Crippen LogP contribution in [0, 0.1) is 6.92 Å². The van der Waals surface area contributed by atoms with Crippen LogP contribution in [0.25, 0.3) is 22.2 Å². The van der Waals surface area contributed by atoms with Crippen molar-refractivity contribution in [3.8, 4) is 11.3 Å². The Kier molecular flexibility index (Phi) is 4.91. The fourth-order valence-corrected chi connectivity index (χ4v) is 3.63. The summed E-state index contributed by atoms with van der Waals surface area (Å²) < 4.78 is 6.13. The van der Waals surface area contributed by atoms with E-state index in [1.807, 2.05) is 43.3 Å². The Bertz CT molecular complexity index is 1220. The van der Waals surface area contributed by atoms with Crippen LogP contribution in [-0.4, -0.2) is 28.8 Å². The third-order valence-corrected chi connectivity index (χ3v) is 5.11. The lowest BCUT2D eigenvalue weighted by atomic mass is 10.1. The number of benzene rings is 3. The van der Waals surface area contributed by atoms with Gasteiger partial charge in [0.05, 0.1) is 28.8 Å². The highest BCUT2D eigenvalue weighted by atomic mass is 35.5. The Morgan fingerprint density at radius 1 is 0.966 bits per heavy atom. The first-order valence-electron chi connectivity index (χ1n) is 8.97. The van der Waals surface area contributed by atoms with Crippen molar-refractivity contribution in [1.82, 2.24) is 9.78 Å². The highest BCUT2D eigenvalue weighted by Crippen LogP contribution is 2.30. The lowest BCUT2D eigenvalue weighted by molar-refractivity contribution is 0.0600. The molecule has 4 aromatic rings. The monoisotopic (exact) mass is 404 g/mol. The number of rotatable bonds is 3. The topological polar surface area (TPSA) is 61.2 Å². The molecule has 0 aliphatic carbocycles. The summed E-state index contributed by atoms with van der Waals surface area (Å²) in [6, 6.07) is 19.8. The van der Waals surface area contributed by atoms with Gasteiger partial charge in [-0.05, 0) is 36.8 Å². The van der Waals surface area contributed by atoms with E-state index in [1.54, 1.807) is 30.3 Å². The third-order valence-electron chi connectivity index (χ3n) is 4.79. The number of ether oxygens (including phenoxy) is 1. The van der Waals surface area contributed by atoms with Crippen LogP contribution in [0.15, 0.2) is 66.7 Å². The molecule has 0 radical (unpaired) electrons. The van der Waals surface area contributed by atoms with Gasteiger partial charge in [0.1, 0.15) is 5.69 Å². The molecule has 0 amide bonds. The Labute approximate surface area is 172 Å². The number of halogens is 1. The number of aryl methyl sites for hydroxylation is 1. The molecule has 0 atom stereocenters. The van der Waals surface area contributed by atoms with Crippen molar-refractivity contribution >= 4 is 34.4 Å². The second kappa shape index (κ2) is 7.53. The van der Waals surface area contributed by atoms with Crippen LogP contribution in [0.5, 0.6) is 0 Å². The van der Waals surface area contributed by atoms with Gasteiger partial charge in [0.2, 0.25) is 0 Å². The van der Waals surface area contributed by atoms with E-state index in [1.165, 1.54) is 11.8 Å². The second-order valence-electron chi connectivity index (χ2n) is 6.58. The molecule has 0 unspecified atom stereocenters. The zero-order valence-corrected chi connectivity index (χ0v) is 16.6. The van der Waals surface area contributed by atoms with E-state index in [2.05, 4.69) is 5.10 Å². The number of hydrogen-bond acceptors (Lipinski definition) is 4. The molecule has 0 N–H and O–H groups in total. The molecule has 144 valence electrons. The molecular weight excluding hydrogens is 388 g/mol. The molecule has 0 bridgehead atoms. The van der Waals surface area contributed by atoms with Crippen molar-refractivity contribution in [2.75, 3.05) is 7.11 Å². The molecule has 0 saturated heterocycles. The summed E-state index contributed by atoms with van der Waals surface area (Å²) in [5.74, 6) is -0.696. The zero-order valence-electron chi connectivity index (χ0n) is 15.8. The van der Waals surface area contributed by atoms with Crippen molar-refractivity contribution in [2.45, 2.75) is 6.92 Å². The third kappa shape index (κ3) is 3.30. The number of nitrogens with zero attached hydrogens (tertiary/aromatic N) is 2. The average molecular weight is 405 g/mol. The average Bonchev–Trinajstić information content (AvgIpc) is 3.13. The van der Waals surface area contributed by atoms with Crippen LogP contribution >= 0.6 is 11.6 Å². The predicted octanol–water partition coefficient (Wildman–Crippen LogP) is 5.14. The van der Waals surface area contributed by atoms with Gasteiger partial charge >= 0.3 is 5.97 Å². The molecular formula is C23H17ClN2O3. The summed E-state index contributed by atoms with van der Waals surface area (Å²) in [5.41, 5.74) is 3.78. The Morgan fingerprint density at radius 3 is 2.38 bits per heavy atom. The molecule has 5 nitrogen and oxygen atoms in total. The number of methoxy groups -OCH3 is 1. The number of para-hydroxylation sites is 1. The molecule has 1 aromatic heterocycles. The zero-order chi connectivity index (χ0) is 20.5. The lowest BCUT2D eigenvalue weighted by Gasteiger charge is -2.07. The van der Waals surface area contributed by atoms with Gasteiger partial charge in [0.25, 0.3) is 5.91 Å². The van der Waals surface area contributed by atoms with Gasteiger partial charge in [-0.25, -0.2) is 4.79 Å². The van der Waals surface area contributed by atoms with Crippen LogP contribution in [-0.2, 0) is 4.74 Å². The van der Waals surface area contributed by atoms with Crippen molar-refractivity contribution in [2.24, 2.45) is 0 Å². The highest BCUT2D eigenvalue weighted by Gasteiger charge is 2.21. The molecule has 0 aliphatic rings. The normalized spacial score (nSPS) is 10.9. The minimum absolute atomic E-state index is 0.290. The molecule has 0 saturated carbocycles. The number of aromatic nitrogens is 2. The summed E-state index contributed by atoms with van der Waals surface area (Å²) in [7, 11) is 1.34. The molecule has 0 aliphatic heterocycles. The number of carbonyl (C=O) groups is 2. The Hall–Kier alpha value is -3.44. The van der Waals surface area contributed by atoms with Gasteiger partial charge in [-0.15, -0.1) is 0 Å². The molecule has 1 heterocycles. The van der Waals surface area contributed by atoms with Crippen molar-refractivity contribution in [1.29, 1.82) is 0 Å². The van der Waals surface area contributed by atoms with Gasteiger partial charge in [0.15, 0.2) is 0 Å². The van der Waals surface area contributed by atoms with Gasteiger partial charge < -0.3 is 4.74 Å². The number of esters is 1. The van der Waals surface area contributed by atoms with Crippen LogP contribution in [0.4, 0.5) is 0 Å². The molecule has 4 rings (SSSR count). The summed E-state index contributed by atoms with van der Waals surface area (Å²) in [6.07, 6.45) is 0. The minimum atomic E-state index is -0.406. The predicted molar refractivity (Wildman–Crippen MR) is 112 cm³/mol. The van der Waals surface area contributed by atoms with E-state index in [0.717, 1.165) is 16.5 Å². The molecule has 0 fully saturated rings. The maximum atomic E-state index is 13.3. The van der Waals surface area contributed by atoms with Gasteiger partial charge in [-0.1, -0.05) is 54.1 Å². The fourth-order valence-electron chi connectivity index (χ4n) is 3.33. The fraction of sp³-hybridized carbons (Fsp3) is 0.0870. The van der Waals surface area contributed by atoms with Gasteiger partial charge in [-0.2, -0.15) is 9.78 Å². The molecule has 3 aromatic carbocycles. The molecule has 0 spiro atoms. The van der Waals surface area contributed by atoms with E-state index >= 15 is 0 Å². The van der Waals surface area contributed by atoms with Gasteiger partial charge in [-0.3, -0.25) is 4.79 Å². The minimum Gasteiger partial charge on any atom is -0.465 e. The summed E-state index contributed by atoms with van der Waals surface area (Å²) in [6.45, 7) is 1.84. The smallest absolute Gasteiger partial charge is 0.337 e. The lowest BCUT2D eigenvalue weighted by Crippen LogP contribution is -2.15. The SMILES string of the molecule is COC(=O)c1ccc(-c2nn(C(=O)c3c(C)cccc3Cl)c3ccccc23)cc1. The van der Waals surface area contributed by atoms with E-state index in [9.17, 15) is 9.59 Å². The maximum absolute atomic E-state index is 13.3. The summed E-state index contributed by atoms with van der Waals surface area (Å²) >= 11 is 6.30. The van der Waals surface area contributed by atoms with E-state index < -0.39 is 5.97 Å². The Morgan fingerprint density at radius 2 is 1.69 bits per heavy atom. The van der Waals surface area contributed by atoms with Crippen LogP contribution < -0.4 is 0 Å². The number of carbonyl (C=O) groups excluding carboxylic acids is 2. The Balaban J connectivity index is 1.86. The van der Waals surface area contributed by atoms with Gasteiger partial charge in [0, 0.05) is 10.9 Å². The second-order valence-corrected chi connectivity index (χ2v) is 6.99.